The van der Waals surface area contributed by atoms with Crippen LogP contribution >= 0.6 is 0 Å². The molecule has 50 heavy (non-hydrogen) atoms. The molecular weight excluding hydrogens is 611 g/mol. The molecule has 2 aliphatic rings. The lowest BCUT2D eigenvalue weighted by Crippen LogP contribution is -2.29. The highest BCUT2D eigenvalue weighted by atomic mass is 15.2. The molecule has 1 aliphatic heterocycles. The predicted molar refractivity (Wildman–Crippen MR) is 199 cm³/mol. The van der Waals surface area contributed by atoms with Gasteiger partial charge in [0.15, 0.2) is 0 Å². The fraction of sp³-hybridized carbons (Fsp3) is 0.0444. The van der Waals surface area contributed by atoms with E-state index in [1.54, 1.807) is 0 Å². The van der Waals surface area contributed by atoms with E-state index < -0.39 is 0 Å². The van der Waals surface area contributed by atoms with Gasteiger partial charge in [-0.25, -0.2) is 0 Å². The second-order valence-corrected chi connectivity index (χ2v) is 12.7. The molecule has 1 aromatic heterocycles. The molecule has 0 bridgehead atoms. The Hall–Kier alpha value is -7.13. The van der Waals surface area contributed by atoms with Crippen molar-refractivity contribution in [2.45, 2.75) is 12.0 Å². The molecule has 232 valence electrons. The van der Waals surface area contributed by atoms with Crippen LogP contribution in [0.4, 0.5) is 11.4 Å². The van der Waals surface area contributed by atoms with Crippen LogP contribution in [0.1, 0.15) is 22.6 Å². The Balaban J connectivity index is 1.19. The topological polar surface area (TPSA) is 79.5 Å². The SMILES string of the molecule is N#CC1=CC2c3cc(C#N)ccc3N(c3ccccc3-c3ccc(C#N)c(-c4cccc(-n5c6ccccc6c6ccccc65)c4)c3)C2C=C1. The summed E-state index contributed by atoms with van der Waals surface area (Å²) in [6.45, 7) is 0. The van der Waals surface area contributed by atoms with E-state index in [0.29, 0.717) is 16.7 Å². The average Bonchev–Trinajstić information content (AvgIpc) is 3.69. The number of nitrogens with zero attached hydrogens (tertiary/aromatic N) is 5. The molecule has 7 aromatic rings. The van der Waals surface area contributed by atoms with E-state index in [4.69, 9.17) is 0 Å². The zero-order valence-electron chi connectivity index (χ0n) is 26.8. The third-order valence-electron chi connectivity index (χ3n) is 10.0. The smallest absolute Gasteiger partial charge is 0.0998 e. The summed E-state index contributed by atoms with van der Waals surface area (Å²) < 4.78 is 2.29. The third kappa shape index (κ3) is 4.45. The Morgan fingerprint density at radius 3 is 2.06 bits per heavy atom. The van der Waals surface area contributed by atoms with Crippen molar-refractivity contribution in [3.8, 4) is 46.1 Å². The van der Waals surface area contributed by atoms with Crippen molar-refractivity contribution in [3.05, 3.63) is 174 Å². The number of hydrogen-bond acceptors (Lipinski definition) is 4. The van der Waals surface area contributed by atoms with Crippen molar-refractivity contribution in [3.63, 3.8) is 0 Å². The van der Waals surface area contributed by atoms with Gasteiger partial charge in [-0.15, -0.1) is 0 Å². The highest BCUT2D eigenvalue weighted by Gasteiger charge is 2.39. The summed E-state index contributed by atoms with van der Waals surface area (Å²) in [4.78, 5) is 2.32. The van der Waals surface area contributed by atoms with Crippen LogP contribution in [0.2, 0.25) is 0 Å². The maximum atomic E-state index is 10.3. The van der Waals surface area contributed by atoms with Crippen molar-refractivity contribution in [1.29, 1.82) is 15.8 Å². The molecule has 2 unspecified atom stereocenters. The molecule has 5 heteroatoms. The van der Waals surface area contributed by atoms with E-state index in [0.717, 1.165) is 55.9 Å². The first-order valence-electron chi connectivity index (χ1n) is 16.5. The molecule has 0 fully saturated rings. The van der Waals surface area contributed by atoms with Gasteiger partial charge in [0, 0.05) is 50.5 Å². The quantitative estimate of drug-likeness (QED) is 0.192. The van der Waals surface area contributed by atoms with Crippen LogP contribution in [0.15, 0.2) is 157 Å². The monoisotopic (exact) mass is 637 g/mol. The first-order valence-corrected chi connectivity index (χ1v) is 16.5. The van der Waals surface area contributed by atoms with E-state index >= 15 is 0 Å². The molecule has 0 saturated heterocycles. The number of benzene rings is 6. The minimum absolute atomic E-state index is 0.0575. The molecule has 6 aromatic carbocycles. The van der Waals surface area contributed by atoms with Gasteiger partial charge in [-0.05, 0) is 83.4 Å². The van der Waals surface area contributed by atoms with E-state index in [9.17, 15) is 15.8 Å². The number of allylic oxidation sites excluding steroid dienone is 2. The lowest BCUT2D eigenvalue weighted by Gasteiger charge is -2.31. The molecule has 0 N–H and O–H groups in total. The largest absolute Gasteiger partial charge is 0.333 e. The summed E-state index contributed by atoms with van der Waals surface area (Å²) in [5.74, 6) is -0.0638. The van der Waals surface area contributed by atoms with Crippen LogP contribution in [0.25, 0.3) is 49.7 Å². The normalized spacial score (nSPS) is 15.9. The van der Waals surface area contributed by atoms with Gasteiger partial charge in [0.25, 0.3) is 0 Å². The van der Waals surface area contributed by atoms with Gasteiger partial charge in [0.2, 0.25) is 0 Å². The number of fused-ring (bicyclic) bond motifs is 6. The summed E-state index contributed by atoms with van der Waals surface area (Å²) in [5, 5.41) is 32.1. The Morgan fingerprint density at radius 1 is 0.560 bits per heavy atom. The molecule has 2 atom stereocenters. The predicted octanol–water partition coefficient (Wildman–Crippen LogP) is 10.5. The van der Waals surface area contributed by atoms with Crippen molar-refractivity contribution in [1.82, 2.24) is 4.57 Å². The van der Waals surface area contributed by atoms with Gasteiger partial charge in [-0.2, -0.15) is 15.8 Å². The van der Waals surface area contributed by atoms with Crippen LogP contribution in [-0.2, 0) is 0 Å². The lowest BCUT2D eigenvalue weighted by molar-refractivity contribution is 0.741. The van der Waals surface area contributed by atoms with Gasteiger partial charge < -0.3 is 9.47 Å². The summed E-state index contributed by atoms with van der Waals surface area (Å²) in [6.07, 6.45) is 5.99. The maximum absolute atomic E-state index is 10.3. The van der Waals surface area contributed by atoms with Crippen molar-refractivity contribution >= 4 is 33.2 Å². The highest BCUT2D eigenvalue weighted by molar-refractivity contribution is 6.09. The number of aromatic nitrogens is 1. The first-order chi connectivity index (χ1) is 24.7. The Labute approximate surface area is 289 Å². The molecule has 0 saturated carbocycles. The number of anilines is 2. The van der Waals surface area contributed by atoms with Crippen LogP contribution in [0, 0.1) is 34.0 Å². The molecule has 9 rings (SSSR count). The molecule has 0 radical (unpaired) electrons. The Morgan fingerprint density at radius 2 is 1.30 bits per heavy atom. The summed E-state index contributed by atoms with van der Waals surface area (Å²) >= 11 is 0. The minimum atomic E-state index is -0.0638. The fourth-order valence-electron chi connectivity index (χ4n) is 7.82. The van der Waals surface area contributed by atoms with E-state index in [1.165, 1.54) is 10.8 Å². The van der Waals surface area contributed by atoms with Gasteiger partial charge in [0.1, 0.15) is 0 Å². The number of hydrogen-bond donors (Lipinski definition) is 0. The lowest BCUT2D eigenvalue weighted by atomic mass is 9.88. The number of para-hydroxylation sites is 3. The van der Waals surface area contributed by atoms with Crippen LogP contribution in [-0.4, -0.2) is 10.6 Å². The Bertz CT molecular complexity index is 2670. The van der Waals surface area contributed by atoms with Gasteiger partial charge in [0.05, 0.1) is 46.4 Å². The molecule has 0 amide bonds. The van der Waals surface area contributed by atoms with Crippen LogP contribution in [0.5, 0.6) is 0 Å². The van der Waals surface area contributed by atoms with Gasteiger partial charge in [-0.3, -0.25) is 0 Å². The van der Waals surface area contributed by atoms with Gasteiger partial charge >= 0.3 is 0 Å². The maximum Gasteiger partial charge on any atom is 0.0998 e. The van der Waals surface area contributed by atoms with Crippen molar-refractivity contribution < 1.29 is 0 Å². The second-order valence-electron chi connectivity index (χ2n) is 12.7. The summed E-state index contributed by atoms with van der Waals surface area (Å²) in [6, 6.07) is 52.5. The first kappa shape index (κ1) is 29.0. The van der Waals surface area contributed by atoms with Crippen LogP contribution in [0.3, 0.4) is 0 Å². The molecule has 5 nitrogen and oxygen atoms in total. The fourth-order valence-corrected chi connectivity index (χ4v) is 7.82. The van der Waals surface area contributed by atoms with Crippen LogP contribution < -0.4 is 4.90 Å². The van der Waals surface area contributed by atoms with E-state index in [2.05, 4.69) is 125 Å². The highest BCUT2D eigenvalue weighted by Crippen LogP contribution is 2.51. The average molecular weight is 638 g/mol. The van der Waals surface area contributed by atoms with Gasteiger partial charge in [-0.1, -0.05) is 84.9 Å². The van der Waals surface area contributed by atoms with E-state index in [1.807, 2.05) is 54.6 Å². The molecular formula is C45H27N5. The van der Waals surface area contributed by atoms with E-state index in [-0.39, 0.29) is 12.0 Å². The number of nitriles is 3. The zero-order valence-corrected chi connectivity index (χ0v) is 26.8. The van der Waals surface area contributed by atoms with Crippen molar-refractivity contribution in [2.75, 3.05) is 4.90 Å². The molecule has 1 aliphatic carbocycles. The molecule has 0 spiro atoms. The Kier molecular flexibility index (Phi) is 6.70. The minimum Gasteiger partial charge on any atom is -0.333 e. The number of rotatable bonds is 4. The summed E-state index contributed by atoms with van der Waals surface area (Å²) in [7, 11) is 0. The van der Waals surface area contributed by atoms with Crippen molar-refractivity contribution in [2.24, 2.45) is 0 Å². The standard InChI is InChI=1S/C45H27N5/c46-26-29-16-20-44-39(22-29)40-23-30(27-47)17-21-45(40)50(44)41-13-4-1-10-35(41)32-18-19-33(28-48)38(25-32)31-8-7-9-34(24-31)49-42-14-5-2-11-36(42)37-12-3-6-15-43(37)49/h1-25,39,44H. The third-order valence-corrected chi connectivity index (χ3v) is 10.0. The second kappa shape index (κ2) is 11.5. The summed E-state index contributed by atoms with van der Waals surface area (Å²) in [5.41, 5.74) is 12.0. The molecule has 2 heterocycles. The zero-order chi connectivity index (χ0) is 33.8.